The lowest BCUT2D eigenvalue weighted by molar-refractivity contribution is 0.0383. The number of benzene rings is 1. The first-order chi connectivity index (χ1) is 12.3. The summed E-state index contributed by atoms with van der Waals surface area (Å²) in [5, 5.41) is 5.63. The molecule has 0 saturated carbocycles. The van der Waals surface area contributed by atoms with Gasteiger partial charge in [0.15, 0.2) is 0 Å². The van der Waals surface area contributed by atoms with E-state index < -0.39 is 11.7 Å². The largest absolute Gasteiger partial charge is 0.444 e. The summed E-state index contributed by atoms with van der Waals surface area (Å²) in [6, 6.07) is 7.18. The number of hydrogen-bond donors (Lipinski definition) is 2. The van der Waals surface area contributed by atoms with Crippen LogP contribution in [0.25, 0.3) is 0 Å². The molecule has 1 heterocycles. The molecule has 1 aromatic rings. The highest BCUT2D eigenvalue weighted by Crippen LogP contribution is 2.08. The number of carbonyl (C=O) groups is 2. The third kappa shape index (κ3) is 7.41. The zero-order valence-electron chi connectivity index (χ0n) is 15.8. The van der Waals surface area contributed by atoms with Crippen molar-refractivity contribution in [3.8, 4) is 0 Å². The molecule has 1 aliphatic rings. The van der Waals surface area contributed by atoms with E-state index in [9.17, 15) is 9.59 Å². The van der Waals surface area contributed by atoms with Crippen molar-refractivity contribution in [2.24, 2.45) is 0 Å². The Hall–Kier alpha value is -2.12. The van der Waals surface area contributed by atoms with Crippen LogP contribution < -0.4 is 10.6 Å². The Morgan fingerprint density at radius 3 is 2.38 bits per heavy atom. The molecule has 2 rings (SSSR count). The van der Waals surface area contributed by atoms with E-state index in [1.807, 2.05) is 32.9 Å². The number of hydrogen-bond acceptors (Lipinski definition) is 5. The minimum absolute atomic E-state index is 0.0927. The molecule has 0 aliphatic carbocycles. The van der Waals surface area contributed by atoms with Gasteiger partial charge in [-0.15, -0.1) is 0 Å². The molecule has 26 heavy (non-hydrogen) atoms. The van der Waals surface area contributed by atoms with Crippen molar-refractivity contribution < 1.29 is 19.1 Å². The lowest BCUT2D eigenvalue weighted by Crippen LogP contribution is -2.41. The first-order valence-electron chi connectivity index (χ1n) is 8.97. The molecule has 144 valence electrons. The van der Waals surface area contributed by atoms with Gasteiger partial charge in [0.1, 0.15) is 5.60 Å². The van der Waals surface area contributed by atoms with Crippen LogP contribution in [0.3, 0.4) is 0 Å². The molecule has 0 atom stereocenters. The topological polar surface area (TPSA) is 79.9 Å². The van der Waals surface area contributed by atoms with Gasteiger partial charge in [-0.05, 0) is 38.5 Å². The van der Waals surface area contributed by atoms with Crippen LogP contribution in [0.4, 0.5) is 4.79 Å². The number of nitrogens with one attached hydrogen (secondary N) is 2. The smallest absolute Gasteiger partial charge is 0.407 e. The number of nitrogens with zero attached hydrogens (tertiary/aromatic N) is 1. The Balaban J connectivity index is 1.71. The molecule has 1 aromatic carbocycles. The van der Waals surface area contributed by atoms with Crippen LogP contribution in [0.1, 0.15) is 36.7 Å². The highest BCUT2D eigenvalue weighted by molar-refractivity contribution is 5.94. The Morgan fingerprint density at radius 2 is 1.77 bits per heavy atom. The summed E-state index contributed by atoms with van der Waals surface area (Å²) in [6.45, 7) is 10.6. The van der Waals surface area contributed by atoms with Gasteiger partial charge in [0.2, 0.25) is 0 Å². The molecule has 1 fully saturated rings. The summed E-state index contributed by atoms with van der Waals surface area (Å²) < 4.78 is 10.5. The quantitative estimate of drug-likeness (QED) is 0.805. The molecule has 0 bridgehead atoms. The molecule has 1 aliphatic heterocycles. The molecule has 0 aromatic heterocycles. The molecule has 0 spiro atoms. The van der Waals surface area contributed by atoms with E-state index >= 15 is 0 Å². The van der Waals surface area contributed by atoms with Gasteiger partial charge in [-0.1, -0.05) is 12.1 Å². The zero-order valence-corrected chi connectivity index (χ0v) is 15.8. The van der Waals surface area contributed by atoms with E-state index in [1.54, 1.807) is 12.1 Å². The van der Waals surface area contributed by atoms with Crippen molar-refractivity contribution >= 4 is 12.0 Å². The first kappa shape index (κ1) is 20.2. The van der Waals surface area contributed by atoms with Crippen LogP contribution >= 0.6 is 0 Å². The van der Waals surface area contributed by atoms with Gasteiger partial charge >= 0.3 is 6.09 Å². The Labute approximate surface area is 155 Å². The highest BCUT2D eigenvalue weighted by Gasteiger charge is 2.15. The Kier molecular flexibility index (Phi) is 7.41. The third-order valence-electron chi connectivity index (χ3n) is 3.87. The fourth-order valence-electron chi connectivity index (χ4n) is 2.52. The van der Waals surface area contributed by atoms with E-state index in [-0.39, 0.29) is 5.91 Å². The van der Waals surface area contributed by atoms with Crippen molar-refractivity contribution in [1.82, 2.24) is 15.5 Å². The minimum atomic E-state index is -0.521. The van der Waals surface area contributed by atoms with E-state index in [0.717, 1.165) is 38.4 Å². The third-order valence-corrected chi connectivity index (χ3v) is 3.87. The van der Waals surface area contributed by atoms with Crippen LogP contribution in [0.15, 0.2) is 24.3 Å². The molecule has 2 amide bonds. The number of carbonyl (C=O) groups excluding carboxylic acids is 2. The second-order valence-corrected chi connectivity index (χ2v) is 7.26. The van der Waals surface area contributed by atoms with Gasteiger partial charge in [0.25, 0.3) is 5.91 Å². The lowest BCUT2D eigenvalue weighted by Gasteiger charge is -2.26. The maximum absolute atomic E-state index is 12.2. The lowest BCUT2D eigenvalue weighted by atomic mass is 10.1. The van der Waals surface area contributed by atoms with Crippen LogP contribution in [-0.2, 0) is 16.0 Å². The van der Waals surface area contributed by atoms with Crippen molar-refractivity contribution in [2.75, 3.05) is 39.4 Å². The fourth-order valence-corrected chi connectivity index (χ4v) is 2.52. The Bertz CT molecular complexity index is 590. The molecule has 7 heteroatoms. The maximum Gasteiger partial charge on any atom is 0.407 e. The van der Waals surface area contributed by atoms with Crippen molar-refractivity contribution in [3.63, 3.8) is 0 Å². The maximum atomic E-state index is 12.2. The van der Waals surface area contributed by atoms with Gasteiger partial charge in [-0.3, -0.25) is 9.69 Å². The fraction of sp³-hybridized carbons (Fsp3) is 0.579. The molecular formula is C19H29N3O4. The van der Waals surface area contributed by atoms with E-state index in [2.05, 4.69) is 15.5 Å². The number of rotatable bonds is 6. The first-order valence-corrected chi connectivity index (χ1v) is 8.97. The second-order valence-electron chi connectivity index (χ2n) is 7.26. The summed E-state index contributed by atoms with van der Waals surface area (Å²) >= 11 is 0. The van der Waals surface area contributed by atoms with E-state index in [4.69, 9.17) is 9.47 Å². The summed E-state index contributed by atoms with van der Waals surface area (Å²) in [5.41, 5.74) is 0.987. The van der Waals surface area contributed by atoms with Crippen molar-refractivity contribution in [2.45, 2.75) is 32.9 Å². The monoisotopic (exact) mass is 363 g/mol. The number of alkyl carbamates (subject to hydrolysis) is 1. The van der Waals surface area contributed by atoms with Gasteiger partial charge in [0.05, 0.1) is 13.2 Å². The second kappa shape index (κ2) is 9.54. The predicted octanol–water partition coefficient (Wildman–Crippen LogP) is 1.77. The van der Waals surface area contributed by atoms with Gasteiger partial charge in [-0.25, -0.2) is 4.79 Å². The van der Waals surface area contributed by atoms with Crippen LogP contribution in [0.5, 0.6) is 0 Å². The molecule has 7 nitrogen and oxygen atoms in total. The molecule has 0 unspecified atom stereocenters. The van der Waals surface area contributed by atoms with Crippen LogP contribution in [-0.4, -0.2) is 61.9 Å². The minimum Gasteiger partial charge on any atom is -0.444 e. The van der Waals surface area contributed by atoms with E-state index in [0.29, 0.717) is 18.7 Å². The van der Waals surface area contributed by atoms with Gasteiger partial charge < -0.3 is 20.1 Å². The van der Waals surface area contributed by atoms with E-state index in [1.165, 1.54) is 0 Å². The average Bonchev–Trinajstić information content (AvgIpc) is 2.60. The summed E-state index contributed by atoms with van der Waals surface area (Å²) in [6.07, 6.45) is -0.456. The highest BCUT2D eigenvalue weighted by atomic mass is 16.6. The van der Waals surface area contributed by atoms with Gasteiger partial charge in [-0.2, -0.15) is 0 Å². The average molecular weight is 363 g/mol. The summed E-state index contributed by atoms with van der Waals surface area (Å²) in [7, 11) is 0. The molecular weight excluding hydrogens is 334 g/mol. The molecule has 1 saturated heterocycles. The zero-order chi connectivity index (χ0) is 19.0. The number of amides is 2. The van der Waals surface area contributed by atoms with Gasteiger partial charge in [0, 0.05) is 38.3 Å². The molecule has 2 N–H and O–H groups in total. The SMILES string of the molecule is CC(C)(C)OC(=O)NCc1ccc(C(=O)NCCN2CCOCC2)cc1. The standard InChI is InChI=1S/C19H29N3O4/c1-19(2,3)26-18(24)21-14-15-4-6-16(7-5-15)17(23)20-8-9-22-10-12-25-13-11-22/h4-7H,8-14H2,1-3H3,(H,20,23)(H,21,24). The van der Waals surface area contributed by atoms with Crippen molar-refractivity contribution in [3.05, 3.63) is 35.4 Å². The number of ether oxygens (including phenoxy) is 2. The molecule has 0 radical (unpaired) electrons. The summed E-state index contributed by atoms with van der Waals surface area (Å²) in [5.74, 6) is -0.0927. The normalized spacial score (nSPS) is 15.3. The number of morpholine rings is 1. The summed E-state index contributed by atoms with van der Waals surface area (Å²) in [4.78, 5) is 26.1. The van der Waals surface area contributed by atoms with Crippen molar-refractivity contribution in [1.29, 1.82) is 0 Å². The van der Waals surface area contributed by atoms with Crippen LogP contribution in [0.2, 0.25) is 0 Å². The predicted molar refractivity (Wildman–Crippen MR) is 99.1 cm³/mol. The Morgan fingerprint density at radius 1 is 1.12 bits per heavy atom. The van der Waals surface area contributed by atoms with Crippen LogP contribution in [0, 0.1) is 0 Å².